The first-order valence-electron chi connectivity index (χ1n) is 9.84. The molecule has 0 aliphatic heterocycles. The van der Waals surface area contributed by atoms with E-state index < -0.39 is 0 Å². The van der Waals surface area contributed by atoms with E-state index in [0.717, 1.165) is 11.4 Å². The second-order valence-corrected chi connectivity index (χ2v) is 6.89. The number of nitrogens with zero attached hydrogens (tertiary/aromatic N) is 1. The van der Waals surface area contributed by atoms with Crippen LogP contribution in [0.5, 0.6) is 5.75 Å². The van der Waals surface area contributed by atoms with Crippen molar-refractivity contribution in [3.8, 4) is 5.75 Å². The normalized spacial score (nSPS) is 10.6. The van der Waals surface area contributed by atoms with Crippen LogP contribution in [0.2, 0.25) is 0 Å². The number of hydrogen-bond donors (Lipinski definition) is 2. The number of carbonyl (C=O) groups excluding carboxylic acids is 2. The highest BCUT2D eigenvalue weighted by atomic mass is 16.5. The number of furan rings is 1. The predicted molar refractivity (Wildman–Crippen MR) is 119 cm³/mol. The molecule has 2 heterocycles. The highest BCUT2D eigenvalue weighted by molar-refractivity contribution is 6.06. The van der Waals surface area contributed by atoms with Crippen LogP contribution in [0.1, 0.15) is 33.5 Å². The third-order valence-corrected chi connectivity index (χ3v) is 4.56. The van der Waals surface area contributed by atoms with Crippen LogP contribution in [-0.2, 0) is 0 Å². The Labute approximate surface area is 179 Å². The van der Waals surface area contributed by atoms with Crippen LogP contribution >= 0.6 is 0 Å². The number of fused-ring (bicyclic) bond motifs is 1. The van der Waals surface area contributed by atoms with Crippen molar-refractivity contribution in [3.05, 3.63) is 83.7 Å². The first-order valence-corrected chi connectivity index (χ1v) is 9.84. The van der Waals surface area contributed by atoms with Crippen LogP contribution in [0.15, 0.2) is 71.1 Å². The van der Waals surface area contributed by atoms with Crippen molar-refractivity contribution in [2.45, 2.75) is 13.8 Å². The number of aromatic nitrogens is 1. The SMILES string of the molecule is CCOc1ccc(NC(=O)c2ccc(NC(=O)c3cc4nc(C)ccc4o3)cc2)cc1. The van der Waals surface area contributed by atoms with Gasteiger partial charge >= 0.3 is 0 Å². The van der Waals surface area contributed by atoms with Gasteiger partial charge in [0.05, 0.1) is 6.61 Å². The van der Waals surface area contributed by atoms with Crippen LogP contribution in [0.3, 0.4) is 0 Å². The second-order valence-electron chi connectivity index (χ2n) is 6.89. The first-order chi connectivity index (χ1) is 15.0. The number of hydrogen-bond acceptors (Lipinski definition) is 5. The molecule has 0 fully saturated rings. The van der Waals surface area contributed by atoms with E-state index in [2.05, 4.69) is 15.6 Å². The molecule has 0 unspecified atom stereocenters. The number of aryl methyl sites for hydroxylation is 1. The van der Waals surface area contributed by atoms with Crippen molar-refractivity contribution in [1.82, 2.24) is 4.98 Å². The van der Waals surface area contributed by atoms with E-state index in [9.17, 15) is 9.59 Å². The standard InChI is InChI=1S/C24H21N3O4/c1-3-30-19-11-9-18(10-12-19)26-23(28)16-5-7-17(8-6-16)27-24(29)22-14-20-21(31-22)13-4-15(2)25-20/h4-14H,3H2,1-2H3,(H,26,28)(H,27,29). The van der Waals surface area contributed by atoms with Gasteiger partial charge in [0.1, 0.15) is 11.3 Å². The van der Waals surface area contributed by atoms with E-state index in [4.69, 9.17) is 9.15 Å². The molecule has 0 spiro atoms. The lowest BCUT2D eigenvalue weighted by atomic mass is 10.2. The number of anilines is 2. The Bertz CT molecular complexity index is 1230. The molecular weight excluding hydrogens is 394 g/mol. The molecule has 2 aromatic carbocycles. The lowest BCUT2D eigenvalue weighted by molar-refractivity contribution is 0.0997. The number of amides is 2. The zero-order valence-corrected chi connectivity index (χ0v) is 17.1. The molecular formula is C24H21N3O4. The number of benzene rings is 2. The lowest BCUT2D eigenvalue weighted by Gasteiger charge is -2.08. The molecule has 4 rings (SSSR count). The van der Waals surface area contributed by atoms with Gasteiger partial charge in [0, 0.05) is 28.7 Å². The number of carbonyl (C=O) groups is 2. The Kier molecular flexibility index (Phi) is 5.66. The van der Waals surface area contributed by atoms with Gasteiger partial charge < -0.3 is 19.8 Å². The van der Waals surface area contributed by atoms with E-state index in [1.807, 2.05) is 19.9 Å². The molecule has 2 N–H and O–H groups in total. The van der Waals surface area contributed by atoms with E-state index >= 15 is 0 Å². The van der Waals surface area contributed by atoms with Gasteiger partial charge in [-0.1, -0.05) is 0 Å². The van der Waals surface area contributed by atoms with Gasteiger partial charge in [-0.05, 0) is 74.5 Å². The Morgan fingerprint density at radius 2 is 1.55 bits per heavy atom. The molecule has 0 saturated heterocycles. The summed E-state index contributed by atoms with van der Waals surface area (Å²) in [7, 11) is 0. The maximum absolute atomic E-state index is 12.5. The minimum Gasteiger partial charge on any atom is -0.494 e. The van der Waals surface area contributed by atoms with Gasteiger partial charge in [-0.2, -0.15) is 0 Å². The molecule has 0 bridgehead atoms. The van der Waals surface area contributed by atoms with Crippen molar-refractivity contribution in [3.63, 3.8) is 0 Å². The average Bonchev–Trinajstić information content (AvgIpc) is 3.19. The van der Waals surface area contributed by atoms with Gasteiger partial charge in [-0.3, -0.25) is 9.59 Å². The maximum atomic E-state index is 12.5. The van der Waals surface area contributed by atoms with Crippen molar-refractivity contribution in [2.75, 3.05) is 17.2 Å². The monoisotopic (exact) mass is 415 g/mol. The van der Waals surface area contributed by atoms with Crippen molar-refractivity contribution in [2.24, 2.45) is 0 Å². The fraction of sp³-hybridized carbons (Fsp3) is 0.125. The van der Waals surface area contributed by atoms with E-state index in [-0.39, 0.29) is 17.6 Å². The number of pyridine rings is 1. The van der Waals surface area contributed by atoms with Crippen LogP contribution in [0.4, 0.5) is 11.4 Å². The summed E-state index contributed by atoms with van der Waals surface area (Å²) in [6, 6.07) is 19.0. The van der Waals surface area contributed by atoms with E-state index in [1.54, 1.807) is 60.7 Å². The van der Waals surface area contributed by atoms with Crippen LogP contribution in [0.25, 0.3) is 11.1 Å². The summed E-state index contributed by atoms with van der Waals surface area (Å²) in [4.78, 5) is 29.3. The number of ether oxygens (including phenoxy) is 1. The van der Waals surface area contributed by atoms with Crippen LogP contribution in [-0.4, -0.2) is 23.4 Å². The summed E-state index contributed by atoms with van der Waals surface area (Å²) < 4.78 is 11.0. The minimum atomic E-state index is -0.387. The topological polar surface area (TPSA) is 93.5 Å². The summed E-state index contributed by atoms with van der Waals surface area (Å²) in [5, 5.41) is 5.59. The van der Waals surface area contributed by atoms with Gasteiger partial charge in [0.25, 0.3) is 11.8 Å². The van der Waals surface area contributed by atoms with E-state index in [0.29, 0.717) is 34.6 Å². The molecule has 7 nitrogen and oxygen atoms in total. The first kappa shape index (κ1) is 20.2. The molecule has 0 radical (unpaired) electrons. The molecule has 156 valence electrons. The molecule has 2 amide bonds. The van der Waals surface area contributed by atoms with Gasteiger partial charge in [-0.25, -0.2) is 4.98 Å². The summed E-state index contributed by atoms with van der Waals surface area (Å²) in [6.45, 7) is 4.37. The molecule has 0 aliphatic carbocycles. The molecule has 7 heteroatoms. The minimum absolute atomic E-state index is 0.172. The van der Waals surface area contributed by atoms with Gasteiger partial charge in [0.15, 0.2) is 11.3 Å². The quantitative estimate of drug-likeness (QED) is 0.460. The Hall–Kier alpha value is -4.13. The molecule has 2 aromatic heterocycles. The number of rotatable bonds is 6. The van der Waals surface area contributed by atoms with Crippen molar-refractivity contribution in [1.29, 1.82) is 0 Å². The summed E-state index contributed by atoms with van der Waals surface area (Å²) in [5.74, 6) is 0.282. The number of nitrogens with one attached hydrogen (secondary N) is 2. The molecule has 31 heavy (non-hydrogen) atoms. The highest BCUT2D eigenvalue weighted by Gasteiger charge is 2.14. The Morgan fingerprint density at radius 1 is 0.903 bits per heavy atom. The fourth-order valence-corrected chi connectivity index (χ4v) is 3.04. The smallest absolute Gasteiger partial charge is 0.291 e. The average molecular weight is 415 g/mol. The van der Waals surface area contributed by atoms with Gasteiger partial charge in [-0.15, -0.1) is 0 Å². The third-order valence-electron chi connectivity index (χ3n) is 4.56. The maximum Gasteiger partial charge on any atom is 0.291 e. The summed E-state index contributed by atoms with van der Waals surface area (Å²) >= 11 is 0. The fourth-order valence-electron chi connectivity index (χ4n) is 3.04. The zero-order chi connectivity index (χ0) is 21.8. The van der Waals surface area contributed by atoms with Gasteiger partial charge in [0.2, 0.25) is 0 Å². The Morgan fingerprint density at radius 3 is 2.23 bits per heavy atom. The Balaban J connectivity index is 1.39. The summed E-state index contributed by atoms with van der Waals surface area (Å²) in [6.07, 6.45) is 0. The summed E-state index contributed by atoms with van der Waals surface area (Å²) in [5.41, 5.74) is 3.71. The zero-order valence-electron chi connectivity index (χ0n) is 17.1. The second kappa shape index (κ2) is 8.71. The van der Waals surface area contributed by atoms with Crippen LogP contribution < -0.4 is 15.4 Å². The van der Waals surface area contributed by atoms with E-state index in [1.165, 1.54) is 0 Å². The van der Waals surface area contributed by atoms with Crippen LogP contribution in [0, 0.1) is 6.92 Å². The molecule has 0 saturated carbocycles. The highest BCUT2D eigenvalue weighted by Crippen LogP contribution is 2.20. The molecule has 0 atom stereocenters. The third kappa shape index (κ3) is 4.72. The van der Waals surface area contributed by atoms with Crippen molar-refractivity contribution < 1.29 is 18.7 Å². The largest absolute Gasteiger partial charge is 0.494 e. The molecule has 4 aromatic rings. The predicted octanol–water partition coefficient (Wildman–Crippen LogP) is 5.04. The lowest BCUT2D eigenvalue weighted by Crippen LogP contribution is -2.13. The molecule has 0 aliphatic rings. The van der Waals surface area contributed by atoms with Crippen molar-refractivity contribution >= 4 is 34.3 Å².